The predicted octanol–water partition coefficient (Wildman–Crippen LogP) is 2.64. The Morgan fingerprint density at radius 1 is 1.08 bits per heavy atom. The molecule has 4 aliphatic carbocycles. The van der Waals surface area contributed by atoms with Gasteiger partial charge in [-0.3, -0.25) is 9.59 Å². The zero-order valence-corrected chi connectivity index (χ0v) is 16.3. The molecule has 5 nitrogen and oxygen atoms in total. The molecule has 0 aromatic heterocycles. The van der Waals surface area contributed by atoms with Crippen molar-refractivity contribution in [2.24, 2.45) is 29.1 Å². The summed E-state index contributed by atoms with van der Waals surface area (Å²) < 4.78 is 5.59. The smallest absolute Gasteiger partial charge is 0.242 e. The normalized spacial score (nSPS) is 39.2. The van der Waals surface area contributed by atoms with Gasteiger partial charge < -0.3 is 15.4 Å². The Morgan fingerprint density at radius 3 is 2.19 bits per heavy atom. The summed E-state index contributed by atoms with van der Waals surface area (Å²) in [6.07, 6.45) is 9.27. The quantitative estimate of drug-likeness (QED) is 0.763. The second kappa shape index (κ2) is 7.14. The minimum absolute atomic E-state index is 0.0615. The van der Waals surface area contributed by atoms with Crippen LogP contribution in [0.15, 0.2) is 0 Å². The lowest BCUT2D eigenvalue weighted by Gasteiger charge is -2.55. The maximum Gasteiger partial charge on any atom is 0.242 e. The van der Waals surface area contributed by atoms with Crippen LogP contribution < -0.4 is 10.6 Å². The van der Waals surface area contributed by atoms with Crippen LogP contribution in [-0.4, -0.2) is 37.1 Å². The molecule has 1 aliphatic heterocycles. The van der Waals surface area contributed by atoms with Crippen molar-refractivity contribution in [1.82, 2.24) is 10.6 Å². The van der Waals surface area contributed by atoms with Crippen molar-refractivity contribution in [3.63, 3.8) is 0 Å². The molecular weight excluding hydrogens is 328 g/mol. The van der Waals surface area contributed by atoms with E-state index >= 15 is 0 Å². The minimum Gasteiger partial charge on any atom is -0.376 e. The van der Waals surface area contributed by atoms with Crippen molar-refractivity contribution in [1.29, 1.82) is 0 Å². The third-order valence-electron chi connectivity index (χ3n) is 7.28. The zero-order chi connectivity index (χ0) is 18.3. The van der Waals surface area contributed by atoms with Crippen LogP contribution in [0.1, 0.15) is 65.2 Å². The van der Waals surface area contributed by atoms with E-state index in [9.17, 15) is 9.59 Å². The van der Waals surface area contributed by atoms with Crippen LogP contribution in [0.2, 0.25) is 0 Å². The molecule has 0 spiro atoms. The third kappa shape index (κ3) is 3.51. The number of ether oxygens (including phenoxy) is 1. The van der Waals surface area contributed by atoms with Gasteiger partial charge in [-0.15, -0.1) is 0 Å². The highest BCUT2D eigenvalue weighted by Crippen LogP contribution is 2.60. The van der Waals surface area contributed by atoms with Crippen LogP contribution in [0.5, 0.6) is 0 Å². The number of hydrogen-bond donors (Lipinski definition) is 2. The van der Waals surface area contributed by atoms with E-state index in [0.29, 0.717) is 6.54 Å². The predicted molar refractivity (Wildman–Crippen MR) is 99.4 cm³/mol. The molecule has 0 radical (unpaired) electrons. The summed E-state index contributed by atoms with van der Waals surface area (Å²) >= 11 is 0. The second-order valence-corrected chi connectivity index (χ2v) is 9.77. The van der Waals surface area contributed by atoms with Crippen molar-refractivity contribution in [2.75, 3.05) is 13.2 Å². The molecule has 1 saturated heterocycles. The lowest BCUT2D eigenvalue weighted by molar-refractivity contribution is -0.149. The molecule has 4 saturated carbocycles. The van der Waals surface area contributed by atoms with Crippen molar-refractivity contribution < 1.29 is 14.3 Å². The number of amides is 2. The Hall–Kier alpha value is -1.10. The SMILES string of the molecule is CC(C)[C@H](NC(=O)C12CC3CC(CC(C3)C1)C2)C(=O)NC[C@@H]1CCCO1. The van der Waals surface area contributed by atoms with Crippen molar-refractivity contribution in [3.05, 3.63) is 0 Å². The van der Waals surface area contributed by atoms with Gasteiger partial charge in [0.2, 0.25) is 11.8 Å². The Labute approximate surface area is 157 Å². The first kappa shape index (κ1) is 18.3. The van der Waals surface area contributed by atoms with E-state index in [-0.39, 0.29) is 29.3 Å². The third-order valence-corrected chi connectivity index (χ3v) is 7.28. The van der Waals surface area contributed by atoms with Crippen molar-refractivity contribution >= 4 is 11.8 Å². The molecule has 5 rings (SSSR count). The highest BCUT2D eigenvalue weighted by molar-refractivity contribution is 5.90. The molecule has 5 fully saturated rings. The Kier molecular flexibility index (Phi) is 5.02. The first-order valence-corrected chi connectivity index (χ1v) is 10.7. The van der Waals surface area contributed by atoms with E-state index in [4.69, 9.17) is 4.74 Å². The van der Waals surface area contributed by atoms with Gasteiger partial charge in [0.05, 0.1) is 6.10 Å². The standard InChI is InChI=1S/C21H34N2O3/c1-13(2)18(19(24)22-12-17-4-3-5-26-17)23-20(25)21-9-14-6-15(10-21)8-16(7-14)11-21/h13-18H,3-12H2,1-2H3,(H,22,24)(H,23,25)/t14?,15?,16?,17-,18-,21?/m0/s1. The fourth-order valence-electron chi connectivity index (χ4n) is 6.35. The van der Waals surface area contributed by atoms with E-state index in [2.05, 4.69) is 10.6 Å². The van der Waals surface area contributed by atoms with Gasteiger partial charge in [0.15, 0.2) is 0 Å². The molecule has 2 amide bonds. The summed E-state index contributed by atoms with van der Waals surface area (Å²) in [7, 11) is 0. The number of hydrogen-bond acceptors (Lipinski definition) is 3. The molecule has 2 N–H and O–H groups in total. The summed E-state index contributed by atoms with van der Waals surface area (Å²) in [5.41, 5.74) is -0.198. The molecule has 146 valence electrons. The van der Waals surface area contributed by atoms with Gasteiger partial charge in [-0.25, -0.2) is 0 Å². The van der Waals surface area contributed by atoms with E-state index in [1.807, 2.05) is 13.8 Å². The summed E-state index contributed by atoms with van der Waals surface area (Å²) in [6, 6.07) is -0.447. The Bertz CT molecular complexity index is 518. The van der Waals surface area contributed by atoms with Gasteiger partial charge in [0.25, 0.3) is 0 Å². The molecule has 1 heterocycles. The molecule has 0 aromatic rings. The van der Waals surface area contributed by atoms with Crippen LogP contribution >= 0.6 is 0 Å². The average Bonchev–Trinajstić information content (AvgIpc) is 3.09. The van der Waals surface area contributed by atoms with Crippen molar-refractivity contribution in [3.8, 4) is 0 Å². The molecule has 0 unspecified atom stereocenters. The summed E-state index contributed by atoms with van der Waals surface area (Å²) in [5, 5.41) is 6.16. The van der Waals surface area contributed by atoms with Gasteiger partial charge >= 0.3 is 0 Å². The number of rotatable bonds is 6. The lowest BCUT2D eigenvalue weighted by Crippen LogP contribution is -2.58. The molecule has 4 bridgehead atoms. The monoisotopic (exact) mass is 362 g/mol. The second-order valence-electron chi connectivity index (χ2n) is 9.77. The lowest BCUT2D eigenvalue weighted by atomic mass is 9.49. The summed E-state index contributed by atoms with van der Waals surface area (Å²) in [4.78, 5) is 26.0. The van der Waals surface area contributed by atoms with E-state index < -0.39 is 6.04 Å². The first-order valence-electron chi connectivity index (χ1n) is 10.7. The van der Waals surface area contributed by atoms with E-state index in [1.165, 1.54) is 19.3 Å². The van der Waals surface area contributed by atoms with Gasteiger partial charge in [-0.05, 0) is 75.0 Å². The number of carbonyl (C=O) groups is 2. The van der Waals surface area contributed by atoms with Crippen LogP contribution in [-0.2, 0) is 14.3 Å². The van der Waals surface area contributed by atoms with E-state index in [1.54, 1.807) is 0 Å². The fraction of sp³-hybridized carbons (Fsp3) is 0.905. The first-order chi connectivity index (χ1) is 12.4. The number of nitrogens with one attached hydrogen (secondary N) is 2. The Balaban J connectivity index is 1.38. The maximum atomic E-state index is 13.3. The van der Waals surface area contributed by atoms with E-state index in [0.717, 1.165) is 56.5 Å². The Morgan fingerprint density at radius 2 is 1.69 bits per heavy atom. The van der Waals surface area contributed by atoms with Gasteiger partial charge in [0, 0.05) is 18.6 Å². The molecule has 0 aromatic carbocycles. The van der Waals surface area contributed by atoms with Crippen LogP contribution in [0, 0.1) is 29.1 Å². The highest BCUT2D eigenvalue weighted by Gasteiger charge is 2.55. The molecule has 26 heavy (non-hydrogen) atoms. The average molecular weight is 363 g/mol. The molecule has 5 aliphatic rings. The van der Waals surface area contributed by atoms with Gasteiger partial charge in [0.1, 0.15) is 6.04 Å². The highest BCUT2D eigenvalue weighted by atomic mass is 16.5. The van der Waals surface area contributed by atoms with Crippen molar-refractivity contribution in [2.45, 2.75) is 77.4 Å². The largest absolute Gasteiger partial charge is 0.376 e. The van der Waals surface area contributed by atoms with Gasteiger partial charge in [-0.1, -0.05) is 13.8 Å². The van der Waals surface area contributed by atoms with Crippen LogP contribution in [0.3, 0.4) is 0 Å². The summed E-state index contributed by atoms with van der Waals surface area (Å²) in [6.45, 7) is 5.36. The fourth-order valence-corrected chi connectivity index (χ4v) is 6.35. The molecular formula is C21H34N2O3. The van der Waals surface area contributed by atoms with Crippen LogP contribution in [0.4, 0.5) is 0 Å². The minimum atomic E-state index is -0.447. The topological polar surface area (TPSA) is 67.4 Å². The number of carbonyl (C=O) groups excluding carboxylic acids is 2. The maximum absolute atomic E-state index is 13.3. The van der Waals surface area contributed by atoms with Gasteiger partial charge in [-0.2, -0.15) is 0 Å². The summed E-state index contributed by atoms with van der Waals surface area (Å²) in [5.74, 6) is 2.36. The molecule has 2 atom stereocenters. The molecule has 5 heteroatoms. The zero-order valence-electron chi connectivity index (χ0n) is 16.3. The van der Waals surface area contributed by atoms with Crippen LogP contribution in [0.25, 0.3) is 0 Å².